The maximum Gasteiger partial charge on any atom is 0.0111 e. The molecule has 1 aliphatic carbocycles. The summed E-state index contributed by atoms with van der Waals surface area (Å²) in [5.74, 6) is 0.918. The molecule has 0 aromatic carbocycles. The van der Waals surface area contributed by atoms with Crippen LogP contribution in [-0.2, 0) is 0 Å². The van der Waals surface area contributed by atoms with Crippen molar-refractivity contribution >= 4 is 0 Å². The van der Waals surface area contributed by atoms with E-state index in [-0.39, 0.29) is 0 Å². The maximum atomic E-state index is 3.88. The summed E-state index contributed by atoms with van der Waals surface area (Å²) in [7, 11) is 0. The second kappa shape index (κ2) is 10.6. The standard InChI is InChI=1S/C19H38N2/c1-2-3-4-5-6-7-8-9-15-20-18-13-10-12-17(18)19-14-11-16-21-19/h17-21H,2-16H2,1H3. The molecule has 2 fully saturated rings. The molecule has 0 radical (unpaired) electrons. The third-order valence-electron chi connectivity index (χ3n) is 5.62. The molecule has 0 bridgehead atoms. The van der Waals surface area contributed by atoms with Gasteiger partial charge in [-0.2, -0.15) is 0 Å². The molecule has 2 heteroatoms. The Bertz CT molecular complexity index is 248. The molecule has 1 saturated carbocycles. The second-order valence-electron chi connectivity index (χ2n) is 7.33. The monoisotopic (exact) mass is 294 g/mol. The lowest BCUT2D eigenvalue weighted by atomic mass is 9.93. The zero-order valence-corrected chi connectivity index (χ0v) is 14.3. The van der Waals surface area contributed by atoms with E-state index in [0.29, 0.717) is 0 Å². The SMILES string of the molecule is CCCCCCCCCCNC1CCCC1C1CCCN1. The number of nitrogens with one attached hydrogen (secondary N) is 2. The van der Waals surface area contributed by atoms with Gasteiger partial charge in [0, 0.05) is 12.1 Å². The van der Waals surface area contributed by atoms with Gasteiger partial charge in [-0.3, -0.25) is 0 Å². The molecule has 21 heavy (non-hydrogen) atoms. The van der Waals surface area contributed by atoms with Crippen molar-refractivity contribution in [3.63, 3.8) is 0 Å². The summed E-state index contributed by atoms with van der Waals surface area (Å²) in [6.45, 7) is 4.80. The molecule has 3 atom stereocenters. The number of hydrogen-bond acceptors (Lipinski definition) is 2. The van der Waals surface area contributed by atoms with Crippen molar-refractivity contribution in [1.29, 1.82) is 0 Å². The predicted octanol–water partition coefficient (Wildman–Crippen LogP) is 4.64. The third-order valence-corrected chi connectivity index (χ3v) is 5.62. The number of hydrogen-bond donors (Lipinski definition) is 2. The van der Waals surface area contributed by atoms with E-state index in [1.54, 1.807) is 0 Å². The van der Waals surface area contributed by atoms with Gasteiger partial charge < -0.3 is 10.6 Å². The fourth-order valence-electron chi connectivity index (χ4n) is 4.35. The number of unbranched alkanes of at least 4 members (excludes halogenated alkanes) is 7. The minimum atomic E-state index is 0.810. The molecule has 0 aromatic heterocycles. The average Bonchev–Trinajstić information content (AvgIpc) is 3.16. The van der Waals surface area contributed by atoms with E-state index < -0.39 is 0 Å². The first-order chi connectivity index (χ1) is 10.4. The van der Waals surface area contributed by atoms with Crippen LogP contribution >= 0.6 is 0 Å². The van der Waals surface area contributed by atoms with Gasteiger partial charge in [-0.25, -0.2) is 0 Å². The summed E-state index contributed by atoms with van der Waals surface area (Å²) in [4.78, 5) is 0. The van der Waals surface area contributed by atoms with Crippen LogP contribution in [0.2, 0.25) is 0 Å². The van der Waals surface area contributed by atoms with Crippen molar-refractivity contribution in [2.75, 3.05) is 13.1 Å². The highest BCUT2D eigenvalue weighted by Crippen LogP contribution is 2.31. The molecule has 2 aliphatic rings. The fourth-order valence-corrected chi connectivity index (χ4v) is 4.35. The molecule has 2 rings (SSSR count). The fraction of sp³-hybridized carbons (Fsp3) is 1.00. The van der Waals surface area contributed by atoms with Gasteiger partial charge in [0.05, 0.1) is 0 Å². The molecule has 1 aliphatic heterocycles. The van der Waals surface area contributed by atoms with E-state index in [1.165, 1.54) is 96.6 Å². The van der Waals surface area contributed by atoms with Gasteiger partial charge in [0.1, 0.15) is 0 Å². The van der Waals surface area contributed by atoms with Crippen LogP contribution in [-0.4, -0.2) is 25.2 Å². The van der Waals surface area contributed by atoms with E-state index in [0.717, 1.165) is 18.0 Å². The minimum absolute atomic E-state index is 0.810. The van der Waals surface area contributed by atoms with Crippen LogP contribution in [0.15, 0.2) is 0 Å². The van der Waals surface area contributed by atoms with Crippen molar-refractivity contribution in [2.24, 2.45) is 5.92 Å². The molecule has 0 amide bonds. The summed E-state index contributed by atoms with van der Waals surface area (Å²) >= 11 is 0. The lowest BCUT2D eigenvalue weighted by Gasteiger charge is -2.26. The lowest BCUT2D eigenvalue weighted by Crippen LogP contribution is -2.42. The Hall–Kier alpha value is -0.0800. The van der Waals surface area contributed by atoms with Crippen LogP contribution in [0.25, 0.3) is 0 Å². The predicted molar refractivity (Wildman–Crippen MR) is 92.8 cm³/mol. The first kappa shape index (κ1) is 17.3. The van der Waals surface area contributed by atoms with Crippen LogP contribution in [0.4, 0.5) is 0 Å². The van der Waals surface area contributed by atoms with Gasteiger partial charge in [-0.05, 0) is 51.1 Å². The van der Waals surface area contributed by atoms with Gasteiger partial charge >= 0.3 is 0 Å². The highest BCUT2D eigenvalue weighted by molar-refractivity contribution is 4.93. The average molecular weight is 295 g/mol. The Morgan fingerprint density at radius 3 is 2.33 bits per heavy atom. The normalized spacial score (nSPS) is 29.3. The summed E-state index contributed by atoms with van der Waals surface area (Å²) in [5, 5.41) is 7.60. The molecule has 0 spiro atoms. The Labute approximate surface area is 132 Å². The lowest BCUT2D eigenvalue weighted by molar-refractivity contribution is 0.319. The van der Waals surface area contributed by atoms with Crippen molar-refractivity contribution in [1.82, 2.24) is 10.6 Å². The van der Waals surface area contributed by atoms with Gasteiger partial charge in [-0.15, -0.1) is 0 Å². The zero-order valence-electron chi connectivity index (χ0n) is 14.3. The van der Waals surface area contributed by atoms with Crippen LogP contribution in [0.5, 0.6) is 0 Å². The van der Waals surface area contributed by atoms with Crippen molar-refractivity contribution < 1.29 is 0 Å². The summed E-state index contributed by atoms with van der Waals surface area (Å²) < 4.78 is 0. The minimum Gasteiger partial charge on any atom is -0.314 e. The van der Waals surface area contributed by atoms with Crippen molar-refractivity contribution in [3.05, 3.63) is 0 Å². The van der Waals surface area contributed by atoms with Gasteiger partial charge in [-0.1, -0.05) is 58.3 Å². The quantitative estimate of drug-likeness (QED) is 0.543. The molecule has 1 saturated heterocycles. The van der Waals surface area contributed by atoms with Crippen LogP contribution in [0.1, 0.15) is 90.4 Å². The highest BCUT2D eigenvalue weighted by atomic mass is 15.0. The van der Waals surface area contributed by atoms with Gasteiger partial charge in [0.25, 0.3) is 0 Å². The maximum absolute atomic E-state index is 3.88. The van der Waals surface area contributed by atoms with Gasteiger partial charge in [0.2, 0.25) is 0 Å². The Morgan fingerprint density at radius 2 is 1.62 bits per heavy atom. The van der Waals surface area contributed by atoms with Crippen LogP contribution in [0, 0.1) is 5.92 Å². The molecule has 124 valence electrons. The first-order valence-corrected chi connectivity index (χ1v) is 9.88. The van der Waals surface area contributed by atoms with Crippen LogP contribution < -0.4 is 10.6 Å². The molecule has 1 heterocycles. The Kier molecular flexibility index (Phi) is 8.73. The summed E-state index contributed by atoms with van der Waals surface area (Å²) in [6.07, 6.45) is 18.5. The van der Waals surface area contributed by atoms with Crippen molar-refractivity contribution in [3.8, 4) is 0 Å². The third kappa shape index (κ3) is 6.28. The first-order valence-electron chi connectivity index (χ1n) is 9.88. The summed E-state index contributed by atoms with van der Waals surface area (Å²) in [6, 6.07) is 1.63. The topological polar surface area (TPSA) is 24.1 Å². The van der Waals surface area contributed by atoms with E-state index >= 15 is 0 Å². The smallest absolute Gasteiger partial charge is 0.0111 e. The molecular weight excluding hydrogens is 256 g/mol. The molecule has 2 nitrogen and oxygen atoms in total. The molecule has 0 aromatic rings. The second-order valence-corrected chi connectivity index (χ2v) is 7.33. The Morgan fingerprint density at radius 1 is 0.857 bits per heavy atom. The largest absolute Gasteiger partial charge is 0.314 e. The van der Waals surface area contributed by atoms with E-state index in [4.69, 9.17) is 0 Å². The highest BCUT2D eigenvalue weighted by Gasteiger charge is 2.34. The van der Waals surface area contributed by atoms with Crippen LogP contribution in [0.3, 0.4) is 0 Å². The molecule has 3 unspecified atom stereocenters. The van der Waals surface area contributed by atoms with Crippen molar-refractivity contribution in [2.45, 2.75) is 102 Å². The van der Waals surface area contributed by atoms with E-state index in [2.05, 4.69) is 17.6 Å². The zero-order chi connectivity index (χ0) is 14.8. The van der Waals surface area contributed by atoms with E-state index in [1.807, 2.05) is 0 Å². The molecule has 2 N–H and O–H groups in total. The molecular formula is C19H38N2. The van der Waals surface area contributed by atoms with E-state index in [9.17, 15) is 0 Å². The van der Waals surface area contributed by atoms with Gasteiger partial charge in [0.15, 0.2) is 0 Å². The summed E-state index contributed by atoms with van der Waals surface area (Å²) in [5.41, 5.74) is 0. The number of rotatable bonds is 11. The Balaban J connectivity index is 1.46.